The van der Waals surface area contributed by atoms with E-state index in [1.165, 1.54) is 0 Å². The Balaban J connectivity index is 3.23. The molecule has 18 heavy (non-hydrogen) atoms. The Bertz CT molecular complexity index is 398. The van der Waals surface area contributed by atoms with E-state index in [0.29, 0.717) is 0 Å². The maximum atomic E-state index is 5.72. The third kappa shape index (κ3) is 3.98. The number of hydrogen-bond acceptors (Lipinski definition) is 6. The van der Waals surface area contributed by atoms with Gasteiger partial charge in [0.1, 0.15) is 18.2 Å². The van der Waals surface area contributed by atoms with Crippen molar-refractivity contribution in [1.29, 1.82) is 0 Å². The molecule has 2 unspecified atom stereocenters. The van der Waals surface area contributed by atoms with Crippen molar-refractivity contribution in [3.8, 4) is 11.5 Å². The van der Waals surface area contributed by atoms with Crippen molar-refractivity contribution >= 4 is 23.5 Å². The summed E-state index contributed by atoms with van der Waals surface area (Å²) in [4.78, 5) is 1.96. The van der Waals surface area contributed by atoms with Crippen molar-refractivity contribution in [2.24, 2.45) is 11.5 Å². The summed E-state index contributed by atoms with van der Waals surface area (Å²) in [5, 5.41) is 0. The molecule has 0 aliphatic carbocycles. The van der Waals surface area contributed by atoms with Gasteiger partial charge in [-0.05, 0) is 38.5 Å². The van der Waals surface area contributed by atoms with Crippen LogP contribution in [0.15, 0.2) is 21.9 Å². The lowest BCUT2D eigenvalue weighted by molar-refractivity contribution is 0.203. The van der Waals surface area contributed by atoms with E-state index in [1.54, 1.807) is 37.4 Å². The molecular weight excluding hydrogens is 268 g/mol. The summed E-state index contributed by atoms with van der Waals surface area (Å²) >= 11 is 3.17. The molecule has 6 heteroatoms. The van der Waals surface area contributed by atoms with Crippen molar-refractivity contribution in [2.75, 3.05) is 12.5 Å². The van der Waals surface area contributed by atoms with Crippen LogP contribution in [0.1, 0.15) is 13.8 Å². The number of nitrogens with two attached hydrogens (primary N) is 2. The Hall–Kier alpha value is -0.560. The van der Waals surface area contributed by atoms with Gasteiger partial charge in [-0.15, -0.1) is 23.5 Å². The maximum Gasteiger partial charge on any atom is 0.152 e. The average Bonchev–Trinajstić information content (AvgIpc) is 2.28. The highest BCUT2D eigenvalue weighted by Gasteiger charge is 2.17. The molecule has 0 fully saturated rings. The summed E-state index contributed by atoms with van der Waals surface area (Å²) in [6.07, 6.45) is 3.24. The van der Waals surface area contributed by atoms with Crippen LogP contribution in [-0.4, -0.2) is 25.0 Å². The zero-order chi connectivity index (χ0) is 13.7. The van der Waals surface area contributed by atoms with Crippen LogP contribution in [0.5, 0.6) is 11.5 Å². The van der Waals surface area contributed by atoms with Gasteiger partial charge in [0.15, 0.2) is 5.75 Å². The Morgan fingerprint density at radius 1 is 1.00 bits per heavy atom. The molecule has 1 aromatic rings. The molecule has 102 valence electrons. The van der Waals surface area contributed by atoms with Gasteiger partial charge < -0.3 is 9.47 Å². The molecule has 0 saturated heterocycles. The van der Waals surface area contributed by atoms with Crippen LogP contribution in [0.25, 0.3) is 0 Å². The fraction of sp³-hybridized carbons (Fsp3) is 0.500. The summed E-state index contributed by atoms with van der Waals surface area (Å²) in [6, 6.07) is 3.87. The monoisotopic (exact) mass is 288 g/mol. The summed E-state index contributed by atoms with van der Waals surface area (Å²) in [5.74, 6) is 1.49. The van der Waals surface area contributed by atoms with Crippen molar-refractivity contribution in [3.05, 3.63) is 12.1 Å². The van der Waals surface area contributed by atoms with E-state index in [9.17, 15) is 0 Å². The van der Waals surface area contributed by atoms with Gasteiger partial charge in [0, 0.05) is 0 Å². The molecule has 0 radical (unpaired) electrons. The molecule has 0 saturated carbocycles. The second-order valence-electron chi connectivity index (χ2n) is 3.77. The van der Waals surface area contributed by atoms with Gasteiger partial charge in [-0.2, -0.15) is 0 Å². The predicted molar refractivity (Wildman–Crippen MR) is 78.6 cm³/mol. The summed E-state index contributed by atoms with van der Waals surface area (Å²) in [6.45, 7) is 3.59. The second-order valence-corrected chi connectivity index (χ2v) is 5.44. The first-order valence-corrected chi connectivity index (χ1v) is 8.04. The van der Waals surface area contributed by atoms with E-state index in [2.05, 4.69) is 0 Å². The summed E-state index contributed by atoms with van der Waals surface area (Å²) < 4.78 is 11.3. The molecule has 4 nitrogen and oxygen atoms in total. The lowest BCUT2D eigenvalue weighted by Gasteiger charge is -2.20. The van der Waals surface area contributed by atoms with Crippen LogP contribution >= 0.6 is 23.5 Å². The van der Waals surface area contributed by atoms with Crippen LogP contribution in [0.3, 0.4) is 0 Å². The van der Waals surface area contributed by atoms with Crippen molar-refractivity contribution in [1.82, 2.24) is 0 Å². The lowest BCUT2D eigenvalue weighted by Crippen LogP contribution is -2.24. The smallest absolute Gasteiger partial charge is 0.152 e. The zero-order valence-electron chi connectivity index (χ0n) is 11.1. The Kier molecular flexibility index (Phi) is 6.14. The average molecular weight is 288 g/mol. The Labute approximate surface area is 117 Å². The fourth-order valence-corrected chi connectivity index (χ4v) is 2.74. The molecule has 2 atom stereocenters. The van der Waals surface area contributed by atoms with Crippen LogP contribution in [0, 0.1) is 0 Å². The molecule has 0 aliphatic heterocycles. The normalized spacial score (nSPS) is 14.1. The summed E-state index contributed by atoms with van der Waals surface area (Å²) in [5.41, 5.74) is 11.4. The van der Waals surface area contributed by atoms with Gasteiger partial charge in [-0.1, -0.05) is 0 Å². The van der Waals surface area contributed by atoms with E-state index in [0.717, 1.165) is 21.3 Å². The minimum atomic E-state index is -0.368. The highest BCUT2D eigenvalue weighted by atomic mass is 32.2. The van der Waals surface area contributed by atoms with E-state index in [-0.39, 0.29) is 12.5 Å². The fourth-order valence-electron chi connectivity index (χ4n) is 1.47. The third-order valence-corrected chi connectivity index (χ3v) is 3.64. The standard InChI is InChI=1S/C12H20N2O2S2/c1-7(13)15-9-5-6-10(17-3)11(12(9)18-4)16-8(2)14/h5-8H,13-14H2,1-4H3. The largest absolute Gasteiger partial charge is 0.475 e. The SMILES string of the molecule is CSc1ccc(OC(C)N)c(SC)c1OC(C)N. The molecule has 1 aromatic carbocycles. The number of ether oxygens (including phenoxy) is 2. The van der Waals surface area contributed by atoms with E-state index in [1.807, 2.05) is 24.6 Å². The van der Waals surface area contributed by atoms with Gasteiger partial charge in [0.2, 0.25) is 0 Å². The molecule has 0 bridgehead atoms. The molecule has 0 aliphatic rings. The van der Waals surface area contributed by atoms with Gasteiger partial charge in [0.25, 0.3) is 0 Å². The molecule has 1 rings (SSSR count). The second kappa shape index (κ2) is 7.13. The van der Waals surface area contributed by atoms with Crippen LogP contribution < -0.4 is 20.9 Å². The predicted octanol–water partition coefficient (Wildman–Crippen LogP) is 2.50. The maximum absolute atomic E-state index is 5.72. The van der Waals surface area contributed by atoms with E-state index < -0.39 is 0 Å². The van der Waals surface area contributed by atoms with Gasteiger partial charge in [-0.3, -0.25) is 11.5 Å². The first-order valence-electron chi connectivity index (χ1n) is 5.59. The van der Waals surface area contributed by atoms with Gasteiger partial charge in [-0.25, -0.2) is 0 Å². The van der Waals surface area contributed by atoms with Gasteiger partial charge in [0.05, 0.1) is 9.79 Å². The van der Waals surface area contributed by atoms with E-state index in [4.69, 9.17) is 20.9 Å². The first-order chi connectivity index (χ1) is 8.49. The third-order valence-electron chi connectivity index (χ3n) is 2.08. The molecule has 4 N–H and O–H groups in total. The number of rotatable bonds is 6. The van der Waals surface area contributed by atoms with Gasteiger partial charge >= 0.3 is 0 Å². The molecule has 0 spiro atoms. The quantitative estimate of drug-likeness (QED) is 0.619. The van der Waals surface area contributed by atoms with Crippen LogP contribution in [0.2, 0.25) is 0 Å². The van der Waals surface area contributed by atoms with Crippen molar-refractivity contribution in [2.45, 2.75) is 36.1 Å². The molecular formula is C12H20N2O2S2. The minimum absolute atomic E-state index is 0.362. The lowest BCUT2D eigenvalue weighted by atomic mass is 10.3. The minimum Gasteiger partial charge on any atom is -0.475 e. The molecule has 0 aromatic heterocycles. The van der Waals surface area contributed by atoms with E-state index >= 15 is 0 Å². The Morgan fingerprint density at radius 2 is 1.61 bits per heavy atom. The number of thioether (sulfide) groups is 2. The van der Waals surface area contributed by atoms with Crippen LogP contribution in [-0.2, 0) is 0 Å². The number of hydrogen-bond donors (Lipinski definition) is 2. The van der Waals surface area contributed by atoms with Crippen molar-refractivity contribution < 1.29 is 9.47 Å². The highest BCUT2D eigenvalue weighted by molar-refractivity contribution is 7.99. The molecule has 0 amide bonds. The Morgan fingerprint density at radius 3 is 2.06 bits per heavy atom. The molecule has 0 heterocycles. The number of benzene rings is 1. The summed E-state index contributed by atoms with van der Waals surface area (Å²) in [7, 11) is 0. The first kappa shape index (κ1) is 15.5. The highest BCUT2D eigenvalue weighted by Crippen LogP contribution is 2.43. The van der Waals surface area contributed by atoms with Crippen molar-refractivity contribution in [3.63, 3.8) is 0 Å². The topological polar surface area (TPSA) is 70.5 Å². The zero-order valence-corrected chi connectivity index (χ0v) is 12.7. The van der Waals surface area contributed by atoms with Crippen LogP contribution in [0.4, 0.5) is 0 Å².